The molecule has 82 valence electrons. The first-order valence-electron chi connectivity index (χ1n) is 4.85. The van der Waals surface area contributed by atoms with E-state index in [1.165, 1.54) is 10.7 Å². The summed E-state index contributed by atoms with van der Waals surface area (Å²) in [6, 6.07) is 1.70. The van der Waals surface area contributed by atoms with Gasteiger partial charge in [-0.3, -0.25) is 0 Å². The standard InChI is InChI=1S/C9H10BN3O3/c1-2-16-9(15)5-4-11-7-3-6(10)12-13(7)8(5)14/h3-4,14H,2,10H2,1H3. The van der Waals surface area contributed by atoms with Gasteiger partial charge in [0.2, 0.25) is 5.88 Å². The Morgan fingerprint density at radius 2 is 2.44 bits per heavy atom. The number of ether oxygens (including phenoxy) is 1. The molecule has 16 heavy (non-hydrogen) atoms. The number of carbonyl (C=O) groups excluding carboxylic acids is 1. The Morgan fingerprint density at radius 3 is 3.12 bits per heavy atom. The lowest BCUT2D eigenvalue weighted by molar-refractivity contribution is 0.0521. The fourth-order valence-electron chi connectivity index (χ4n) is 1.39. The van der Waals surface area contributed by atoms with Crippen LogP contribution < -0.4 is 5.59 Å². The number of hydrogen-bond donors (Lipinski definition) is 1. The van der Waals surface area contributed by atoms with Crippen LogP contribution in [0.4, 0.5) is 0 Å². The van der Waals surface area contributed by atoms with Crippen LogP contribution in [0.3, 0.4) is 0 Å². The molecule has 2 rings (SSSR count). The average molecular weight is 219 g/mol. The quantitative estimate of drug-likeness (QED) is 0.510. The molecular formula is C9H10BN3O3. The molecule has 6 nitrogen and oxygen atoms in total. The molecule has 0 bridgehead atoms. The normalized spacial score (nSPS) is 10.6. The number of rotatable bonds is 2. The van der Waals surface area contributed by atoms with Crippen LogP contribution >= 0.6 is 0 Å². The molecule has 0 saturated heterocycles. The summed E-state index contributed by atoms with van der Waals surface area (Å²) in [5.41, 5.74) is 1.21. The van der Waals surface area contributed by atoms with E-state index in [4.69, 9.17) is 4.74 Å². The van der Waals surface area contributed by atoms with Crippen LogP contribution in [0.2, 0.25) is 0 Å². The average Bonchev–Trinajstić information content (AvgIpc) is 2.60. The summed E-state index contributed by atoms with van der Waals surface area (Å²) in [6.07, 6.45) is 1.28. The van der Waals surface area contributed by atoms with E-state index in [-0.39, 0.29) is 18.1 Å². The maximum Gasteiger partial charge on any atom is 0.345 e. The van der Waals surface area contributed by atoms with Crippen molar-refractivity contribution in [2.45, 2.75) is 6.92 Å². The molecule has 0 saturated carbocycles. The lowest BCUT2D eigenvalue weighted by Crippen LogP contribution is -2.09. The van der Waals surface area contributed by atoms with Crippen molar-refractivity contribution >= 4 is 25.1 Å². The van der Waals surface area contributed by atoms with Crippen LogP contribution in [0.15, 0.2) is 12.3 Å². The van der Waals surface area contributed by atoms with Crippen molar-refractivity contribution in [1.82, 2.24) is 14.6 Å². The van der Waals surface area contributed by atoms with Crippen LogP contribution in [0.5, 0.6) is 5.88 Å². The maximum absolute atomic E-state index is 11.5. The predicted octanol–water partition coefficient (Wildman–Crippen LogP) is -1.13. The monoisotopic (exact) mass is 219 g/mol. The number of fused-ring (bicyclic) bond motifs is 1. The van der Waals surface area contributed by atoms with Gasteiger partial charge in [0.1, 0.15) is 5.56 Å². The van der Waals surface area contributed by atoms with Gasteiger partial charge in [-0.1, -0.05) is 0 Å². The van der Waals surface area contributed by atoms with Crippen molar-refractivity contribution in [3.05, 3.63) is 17.8 Å². The molecule has 2 aromatic rings. The second-order valence-electron chi connectivity index (χ2n) is 3.27. The van der Waals surface area contributed by atoms with Gasteiger partial charge in [-0.05, 0) is 13.0 Å². The van der Waals surface area contributed by atoms with Crippen molar-refractivity contribution < 1.29 is 14.6 Å². The van der Waals surface area contributed by atoms with E-state index in [0.717, 1.165) is 0 Å². The van der Waals surface area contributed by atoms with Gasteiger partial charge < -0.3 is 9.84 Å². The molecule has 0 aliphatic carbocycles. The largest absolute Gasteiger partial charge is 0.493 e. The summed E-state index contributed by atoms with van der Waals surface area (Å²) in [5.74, 6) is -0.862. The Labute approximate surface area is 92.3 Å². The molecule has 1 N–H and O–H groups in total. The fourth-order valence-corrected chi connectivity index (χ4v) is 1.39. The van der Waals surface area contributed by atoms with Gasteiger partial charge in [0.15, 0.2) is 13.5 Å². The van der Waals surface area contributed by atoms with E-state index < -0.39 is 5.97 Å². The van der Waals surface area contributed by atoms with Crippen molar-refractivity contribution in [2.75, 3.05) is 6.61 Å². The second-order valence-corrected chi connectivity index (χ2v) is 3.27. The number of carbonyl (C=O) groups is 1. The highest BCUT2D eigenvalue weighted by Gasteiger charge is 2.16. The summed E-state index contributed by atoms with van der Waals surface area (Å²) in [4.78, 5) is 15.5. The van der Waals surface area contributed by atoms with E-state index >= 15 is 0 Å². The van der Waals surface area contributed by atoms with Gasteiger partial charge in [-0.25, -0.2) is 9.78 Å². The fraction of sp³-hybridized carbons (Fsp3) is 0.222. The summed E-state index contributed by atoms with van der Waals surface area (Å²) in [7, 11) is 1.78. The highest BCUT2D eigenvalue weighted by Crippen LogP contribution is 2.16. The molecule has 2 heterocycles. The Balaban J connectivity index is 2.55. The third kappa shape index (κ3) is 1.60. The number of hydrogen-bond acceptors (Lipinski definition) is 5. The first-order valence-corrected chi connectivity index (χ1v) is 4.85. The van der Waals surface area contributed by atoms with Crippen LogP contribution in [0.1, 0.15) is 17.3 Å². The van der Waals surface area contributed by atoms with E-state index in [1.54, 1.807) is 20.8 Å². The van der Waals surface area contributed by atoms with Gasteiger partial charge in [-0.15, -0.1) is 0 Å². The van der Waals surface area contributed by atoms with Gasteiger partial charge in [0.25, 0.3) is 0 Å². The minimum absolute atomic E-state index is 0.0115. The zero-order valence-electron chi connectivity index (χ0n) is 8.97. The van der Waals surface area contributed by atoms with E-state index in [9.17, 15) is 9.90 Å². The first-order chi connectivity index (χ1) is 7.63. The van der Waals surface area contributed by atoms with Crippen LogP contribution in [0, 0.1) is 0 Å². The van der Waals surface area contributed by atoms with Crippen LogP contribution in [0.25, 0.3) is 5.65 Å². The van der Waals surface area contributed by atoms with E-state index in [1.807, 2.05) is 0 Å². The molecule has 7 heteroatoms. The molecule has 0 amide bonds. The molecule has 0 aliphatic heterocycles. The van der Waals surface area contributed by atoms with Gasteiger partial charge in [0, 0.05) is 11.8 Å². The molecule has 2 aromatic heterocycles. The molecule has 0 aromatic carbocycles. The Hall–Kier alpha value is -2.05. The molecule has 0 atom stereocenters. The molecule has 0 unspecified atom stereocenters. The summed E-state index contributed by atoms with van der Waals surface area (Å²) in [6.45, 7) is 1.94. The Bertz CT molecular complexity index is 552. The Kier molecular flexibility index (Phi) is 2.51. The highest BCUT2D eigenvalue weighted by molar-refractivity contribution is 6.31. The topological polar surface area (TPSA) is 76.7 Å². The number of esters is 1. The lowest BCUT2D eigenvalue weighted by Gasteiger charge is -2.04. The number of nitrogens with zero attached hydrogens (tertiary/aromatic N) is 3. The van der Waals surface area contributed by atoms with Gasteiger partial charge in [0.05, 0.1) is 6.61 Å². The SMILES string of the molecule is Bc1cc2ncc(C(=O)OCC)c(O)n2n1. The number of aromatic hydroxyl groups is 1. The number of aromatic nitrogens is 3. The molecule has 0 aliphatic rings. The summed E-state index contributed by atoms with van der Waals surface area (Å²) < 4.78 is 5.99. The summed E-state index contributed by atoms with van der Waals surface area (Å²) >= 11 is 0. The Morgan fingerprint density at radius 1 is 1.69 bits per heavy atom. The van der Waals surface area contributed by atoms with Crippen molar-refractivity contribution in [2.24, 2.45) is 0 Å². The summed E-state index contributed by atoms with van der Waals surface area (Å²) in [5, 5.41) is 13.8. The van der Waals surface area contributed by atoms with Gasteiger partial charge in [-0.2, -0.15) is 9.61 Å². The first kappa shape index (κ1) is 10.5. The van der Waals surface area contributed by atoms with Gasteiger partial charge >= 0.3 is 5.97 Å². The molecule has 0 radical (unpaired) electrons. The van der Waals surface area contributed by atoms with Crippen molar-refractivity contribution in [3.8, 4) is 5.88 Å². The zero-order chi connectivity index (χ0) is 11.7. The van der Waals surface area contributed by atoms with Crippen molar-refractivity contribution in [1.29, 1.82) is 0 Å². The van der Waals surface area contributed by atoms with E-state index in [0.29, 0.717) is 11.2 Å². The third-order valence-corrected chi connectivity index (χ3v) is 2.08. The smallest absolute Gasteiger partial charge is 0.345 e. The molecule has 0 spiro atoms. The minimum atomic E-state index is -0.609. The molecule has 0 fully saturated rings. The third-order valence-electron chi connectivity index (χ3n) is 2.08. The predicted molar refractivity (Wildman–Crippen MR) is 58.8 cm³/mol. The van der Waals surface area contributed by atoms with Crippen molar-refractivity contribution in [3.63, 3.8) is 0 Å². The molecular weight excluding hydrogens is 209 g/mol. The second kappa shape index (κ2) is 3.84. The highest BCUT2D eigenvalue weighted by atomic mass is 16.5. The van der Waals surface area contributed by atoms with Crippen LogP contribution in [-0.2, 0) is 4.74 Å². The van der Waals surface area contributed by atoms with E-state index in [2.05, 4.69) is 10.1 Å². The lowest BCUT2D eigenvalue weighted by atomic mass is 10.1. The zero-order valence-corrected chi connectivity index (χ0v) is 8.97. The maximum atomic E-state index is 11.5. The minimum Gasteiger partial charge on any atom is -0.493 e. The van der Waals surface area contributed by atoms with Crippen LogP contribution in [-0.4, -0.2) is 40.1 Å².